The van der Waals surface area contributed by atoms with Crippen LogP contribution in [0.3, 0.4) is 0 Å². The number of esters is 1. The van der Waals surface area contributed by atoms with Crippen LogP contribution in [0.4, 0.5) is 17.6 Å². The highest BCUT2D eigenvalue weighted by Gasteiger charge is 2.45. The van der Waals surface area contributed by atoms with Crippen LogP contribution in [-0.2, 0) is 11.8 Å². The molecule has 0 N–H and O–H groups in total. The second-order valence-corrected chi connectivity index (χ2v) is 8.79. The van der Waals surface area contributed by atoms with Crippen LogP contribution in [0.25, 0.3) is 22.2 Å². The van der Waals surface area contributed by atoms with Crippen molar-refractivity contribution in [2.24, 2.45) is 7.05 Å². The first-order valence-corrected chi connectivity index (χ1v) is 11.1. The Balaban J connectivity index is 1.72. The third-order valence-corrected chi connectivity index (χ3v) is 6.55. The van der Waals surface area contributed by atoms with E-state index in [1.165, 1.54) is 56.4 Å². The summed E-state index contributed by atoms with van der Waals surface area (Å²) in [5.74, 6) is -5.31. The minimum Gasteiger partial charge on any atom is -0.465 e. The minimum atomic E-state index is -4.62. The second kappa shape index (κ2) is 9.46. The van der Waals surface area contributed by atoms with E-state index in [-0.39, 0.29) is 32.8 Å². The van der Waals surface area contributed by atoms with Gasteiger partial charge >= 0.3 is 17.9 Å². The summed E-state index contributed by atoms with van der Waals surface area (Å²) in [7, 11) is 2.55. The zero-order chi connectivity index (χ0) is 26.4. The smallest absolute Gasteiger partial charge is 0.419 e. The van der Waals surface area contributed by atoms with Crippen LogP contribution in [0.15, 0.2) is 63.8 Å². The van der Waals surface area contributed by atoms with Crippen molar-refractivity contribution in [3.05, 3.63) is 92.7 Å². The third kappa shape index (κ3) is 4.63. The number of aromatic nitrogens is 1. The molecule has 0 aliphatic carbocycles. The summed E-state index contributed by atoms with van der Waals surface area (Å²) >= 11 is 6.43. The minimum absolute atomic E-state index is 0.0421. The van der Waals surface area contributed by atoms with Crippen LogP contribution >= 0.6 is 11.6 Å². The normalized spacial score (nSPS) is 13.6. The van der Waals surface area contributed by atoms with E-state index in [2.05, 4.69) is 4.74 Å². The number of fused-ring (bicyclic) bond motifs is 1. The molecule has 4 aromatic rings. The maximum Gasteiger partial charge on any atom is 0.419 e. The fourth-order valence-corrected chi connectivity index (χ4v) is 4.68. The number of aryl methyl sites for hydroxylation is 1. The molecule has 0 radical (unpaired) electrons. The van der Waals surface area contributed by atoms with Crippen LogP contribution < -0.4 is 5.76 Å². The van der Waals surface area contributed by atoms with Crippen LogP contribution in [0.1, 0.15) is 40.2 Å². The van der Waals surface area contributed by atoms with Gasteiger partial charge in [0.15, 0.2) is 5.58 Å². The Morgan fingerprint density at radius 3 is 2.33 bits per heavy atom. The van der Waals surface area contributed by atoms with E-state index < -0.39 is 35.6 Å². The van der Waals surface area contributed by atoms with Gasteiger partial charge in [-0.25, -0.2) is 14.0 Å². The number of hydrogen-bond donors (Lipinski definition) is 0. The number of carbonyl (C=O) groups excluding carboxylic acids is 1. The summed E-state index contributed by atoms with van der Waals surface area (Å²) in [6.07, 6.45) is -4.62. The SMILES string of the molecule is COC(=O)c1ccc(-c2ccc(C(C)C(c3ccc4oc(=O)n(C)c4c3)C(F)(F)F)c(Cl)c2)cc1F. The molecule has 0 aliphatic rings. The van der Waals surface area contributed by atoms with Gasteiger partial charge in [0, 0.05) is 12.1 Å². The number of nitrogens with zero attached hydrogens (tertiary/aromatic N) is 1. The number of hydrogen-bond acceptors (Lipinski definition) is 4. The topological polar surface area (TPSA) is 61.4 Å². The van der Waals surface area contributed by atoms with Crippen molar-refractivity contribution in [2.45, 2.75) is 24.9 Å². The Morgan fingerprint density at radius 2 is 1.72 bits per heavy atom. The number of alkyl halides is 3. The number of halogens is 5. The Labute approximate surface area is 207 Å². The lowest BCUT2D eigenvalue weighted by Gasteiger charge is -2.28. The van der Waals surface area contributed by atoms with E-state index in [1.54, 1.807) is 6.07 Å². The van der Waals surface area contributed by atoms with Crippen molar-refractivity contribution >= 4 is 28.7 Å². The van der Waals surface area contributed by atoms with Crippen LogP contribution in [-0.4, -0.2) is 23.8 Å². The second-order valence-electron chi connectivity index (χ2n) is 8.38. The molecule has 0 saturated carbocycles. The fourth-order valence-electron chi connectivity index (χ4n) is 4.32. The summed E-state index contributed by atoms with van der Waals surface area (Å²) in [6, 6.07) is 12.3. The Hall–Kier alpha value is -3.59. The molecule has 1 heterocycles. The average molecular weight is 522 g/mol. The number of methoxy groups -OCH3 is 1. The number of rotatable bonds is 5. The van der Waals surface area contributed by atoms with E-state index in [9.17, 15) is 27.2 Å². The fraction of sp³-hybridized carbons (Fsp3) is 0.231. The summed E-state index contributed by atoms with van der Waals surface area (Å²) in [5.41, 5.74) is 1.25. The largest absolute Gasteiger partial charge is 0.465 e. The van der Waals surface area contributed by atoms with Crippen molar-refractivity contribution in [2.75, 3.05) is 7.11 Å². The van der Waals surface area contributed by atoms with Crippen molar-refractivity contribution in [1.29, 1.82) is 0 Å². The monoisotopic (exact) mass is 521 g/mol. The lowest BCUT2D eigenvalue weighted by molar-refractivity contribution is -0.154. The molecule has 5 nitrogen and oxygen atoms in total. The highest BCUT2D eigenvalue weighted by Crippen LogP contribution is 2.47. The summed E-state index contributed by atoms with van der Waals surface area (Å²) < 4.78 is 67.9. The highest BCUT2D eigenvalue weighted by molar-refractivity contribution is 6.31. The molecular formula is C26H20ClF4NO4. The first-order chi connectivity index (χ1) is 16.9. The number of carbonyl (C=O) groups is 1. The van der Waals surface area contributed by atoms with Crippen molar-refractivity contribution in [3.8, 4) is 11.1 Å². The van der Waals surface area contributed by atoms with Crippen molar-refractivity contribution < 1.29 is 31.5 Å². The maximum atomic E-state index is 14.4. The van der Waals surface area contributed by atoms with Gasteiger partial charge in [0.05, 0.1) is 24.1 Å². The predicted octanol–water partition coefficient (Wildman–Crippen LogP) is 6.83. The Kier molecular flexibility index (Phi) is 6.70. The van der Waals surface area contributed by atoms with Gasteiger partial charge in [-0.05, 0) is 58.5 Å². The molecular weight excluding hydrogens is 502 g/mol. The first-order valence-electron chi connectivity index (χ1n) is 10.8. The van der Waals surface area contributed by atoms with Gasteiger partial charge in [-0.1, -0.05) is 42.8 Å². The lowest BCUT2D eigenvalue weighted by Crippen LogP contribution is -2.26. The van der Waals surface area contributed by atoms with Gasteiger partial charge < -0.3 is 9.15 Å². The molecule has 0 aliphatic heterocycles. The van der Waals surface area contributed by atoms with Crippen molar-refractivity contribution in [1.82, 2.24) is 4.57 Å². The van der Waals surface area contributed by atoms with Crippen LogP contribution in [0.5, 0.6) is 0 Å². The van der Waals surface area contributed by atoms with Gasteiger partial charge in [-0.15, -0.1) is 0 Å². The van der Waals surface area contributed by atoms with E-state index in [4.69, 9.17) is 16.0 Å². The molecule has 0 spiro atoms. The molecule has 3 aromatic carbocycles. The molecule has 188 valence electrons. The lowest BCUT2D eigenvalue weighted by atomic mass is 9.81. The number of ether oxygens (including phenoxy) is 1. The van der Waals surface area contributed by atoms with Crippen molar-refractivity contribution in [3.63, 3.8) is 0 Å². The molecule has 1 aromatic heterocycles. The van der Waals surface area contributed by atoms with E-state index in [0.717, 1.165) is 17.7 Å². The molecule has 0 amide bonds. The van der Waals surface area contributed by atoms with Crippen LogP contribution in [0.2, 0.25) is 5.02 Å². The zero-order valence-electron chi connectivity index (χ0n) is 19.3. The molecule has 0 bridgehead atoms. The van der Waals surface area contributed by atoms with Gasteiger partial charge in [-0.2, -0.15) is 13.2 Å². The van der Waals surface area contributed by atoms with Crippen LogP contribution in [0, 0.1) is 5.82 Å². The van der Waals surface area contributed by atoms with E-state index in [0.29, 0.717) is 11.1 Å². The summed E-state index contributed by atoms with van der Waals surface area (Å²) in [4.78, 5) is 23.4. The van der Waals surface area contributed by atoms with Gasteiger partial charge in [0.2, 0.25) is 0 Å². The molecule has 0 fully saturated rings. The Bertz CT molecular complexity index is 1520. The first kappa shape index (κ1) is 25.5. The standard InChI is InChI=1S/C26H20ClF4NO4/c1-13(23(26(29,30)31)16-6-9-22-21(12-16)32(2)25(34)36-22)17-7-4-14(10-19(17)27)15-5-8-18(20(28)11-15)24(33)35-3/h4-13,23H,1-3H3. The predicted molar refractivity (Wildman–Crippen MR) is 127 cm³/mol. The summed E-state index contributed by atoms with van der Waals surface area (Å²) in [6.45, 7) is 1.42. The quantitative estimate of drug-likeness (QED) is 0.213. The third-order valence-electron chi connectivity index (χ3n) is 6.23. The maximum absolute atomic E-state index is 14.4. The zero-order valence-corrected chi connectivity index (χ0v) is 20.1. The van der Waals surface area contributed by atoms with E-state index in [1.807, 2.05) is 0 Å². The summed E-state index contributed by atoms with van der Waals surface area (Å²) in [5, 5.41) is 0.0727. The highest BCUT2D eigenvalue weighted by atomic mass is 35.5. The van der Waals surface area contributed by atoms with Gasteiger partial charge in [0.25, 0.3) is 0 Å². The number of oxazole rings is 1. The average Bonchev–Trinajstić information content (AvgIpc) is 3.10. The molecule has 0 saturated heterocycles. The molecule has 2 unspecified atom stereocenters. The molecule has 10 heteroatoms. The molecule has 4 rings (SSSR count). The Morgan fingerprint density at radius 1 is 1.06 bits per heavy atom. The molecule has 36 heavy (non-hydrogen) atoms. The number of benzene rings is 3. The molecule has 2 atom stereocenters. The van der Waals surface area contributed by atoms with Gasteiger partial charge in [-0.3, -0.25) is 4.57 Å². The van der Waals surface area contributed by atoms with Gasteiger partial charge in [0.1, 0.15) is 5.82 Å². The van der Waals surface area contributed by atoms with E-state index >= 15 is 0 Å².